The van der Waals surface area contributed by atoms with Crippen molar-refractivity contribution in [2.75, 3.05) is 37.4 Å². The third-order valence-electron chi connectivity index (χ3n) is 6.46. The number of piperidine rings is 1. The zero-order valence-corrected chi connectivity index (χ0v) is 20.4. The number of para-hydroxylation sites is 2. The number of carbonyl (C=O) groups excluding carboxylic acids is 3. The number of hydrogen-bond donors (Lipinski definition) is 2. The molecule has 0 aliphatic carbocycles. The van der Waals surface area contributed by atoms with Gasteiger partial charge < -0.3 is 20.3 Å². The molecule has 1 saturated heterocycles. The first-order chi connectivity index (χ1) is 17.5. The smallest absolute Gasteiger partial charge is 0.255 e. The van der Waals surface area contributed by atoms with Crippen LogP contribution >= 0.6 is 0 Å². The molecule has 0 saturated carbocycles. The van der Waals surface area contributed by atoms with E-state index in [-0.39, 0.29) is 23.5 Å². The highest BCUT2D eigenvalue weighted by Gasteiger charge is 2.25. The lowest BCUT2D eigenvalue weighted by Gasteiger charge is -2.31. The third-order valence-corrected chi connectivity index (χ3v) is 6.46. The largest absolute Gasteiger partial charge is 0.495 e. The number of Topliss-reactive ketones (excluding diaryl/α,β-unsaturated/α-hetero) is 1. The number of nitrogens with one attached hydrogen (secondary N) is 2. The SMILES string of the molecule is COc1ccccc1NC(=O)c1ccc(NC(=O)CCN2CCC(C(=O)c3ccccc3)CC2)cc1. The minimum absolute atomic E-state index is 0.0520. The molecular weight excluding hydrogens is 454 g/mol. The Kier molecular flexibility index (Phi) is 8.47. The van der Waals surface area contributed by atoms with Crippen LogP contribution in [0.4, 0.5) is 11.4 Å². The number of anilines is 2. The zero-order valence-electron chi connectivity index (χ0n) is 20.4. The van der Waals surface area contributed by atoms with Crippen LogP contribution in [0.15, 0.2) is 78.9 Å². The Hall–Kier alpha value is -3.97. The second-order valence-corrected chi connectivity index (χ2v) is 8.88. The van der Waals surface area contributed by atoms with Gasteiger partial charge in [0.1, 0.15) is 5.75 Å². The fourth-order valence-electron chi connectivity index (χ4n) is 4.39. The summed E-state index contributed by atoms with van der Waals surface area (Å²) in [6.07, 6.45) is 1.99. The molecule has 7 heteroatoms. The van der Waals surface area contributed by atoms with E-state index in [0.717, 1.165) is 31.5 Å². The number of rotatable bonds is 9. The summed E-state index contributed by atoms with van der Waals surface area (Å²) in [7, 11) is 1.55. The minimum atomic E-state index is -0.258. The van der Waals surface area contributed by atoms with E-state index in [1.54, 1.807) is 43.5 Å². The van der Waals surface area contributed by atoms with Gasteiger partial charge in [0.25, 0.3) is 5.91 Å². The molecule has 1 heterocycles. The van der Waals surface area contributed by atoms with Crippen LogP contribution in [0.5, 0.6) is 5.75 Å². The van der Waals surface area contributed by atoms with Crippen molar-refractivity contribution in [1.29, 1.82) is 0 Å². The Labute approximate surface area is 211 Å². The van der Waals surface area contributed by atoms with Gasteiger partial charge >= 0.3 is 0 Å². The van der Waals surface area contributed by atoms with E-state index < -0.39 is 0 Å². The van der Waals surface area contributed by atoms with Gasteiger partial charge in [-0.2, -0.15) is 0 Å². The molecule has 4 rings (SSSR count). The lowest BCUT2D eigenvalue weighted by Crippen LogP contribution is -2.38. The molecule has 0 atom stereocenters. The second-order valence-electron chi connectivity index (χ2n) is 8.88. The topological polar surface area (TPSA) is 87.7 Å². The van der Waals surface area contributed by atoms with Crippen LogP contribution in [0.1, 0.15) is 40.0 Å². The van der Waals surface area contributed by atoms with Gasteiger partial charge in [0.05, 0.1) is 12.8 Å². The van der Waals surface area contributed by atoms with Gasteiger partial charge in [0, 0.05) is 35.7 Å². The van der Waals surface area contributed by atoms with Crippen LogP contribution in [0.25, 0.3) is 0 Å². The molecule has 36 heavy (non-hydrogen) atoms. The van der Waals surface area contributed by atoms with Crippen molar-refractivity contribution in [2.24, 2.45) is 5.92 Å². The molecule has 0 unspecified atom stereocenters. The molecule has 2 amide bonds. The number of nitrogens with zero attached hydrogens (tertiary/aromatic N) is 1. The molecule has 186 valence electrons. The molecule has 1 fully saturated rings. The molecule has 0 radical (unpaired) electrons. The van der Waals surface area contributed by atoms with Crippen LogP contribution in [0.2, 0.25) is 0 Å². The Morgan fingerprint density at radius 3 is 2.19 bits per heavy atom. The summed E-state index contributed by atoms with van der Waals surface area (Å²) in [6, 6.07) is 23.4. The Bertz CT molecular complexity index is 1190. The van der Waals surface area contributed by atoms with Gasteiger partial charge in [-0.05, 0) is 62.3 Å². The summed E-state index contributed by atoms with van der Waals surface area (Å²) in [4.78, 5) is 39.9. The molecule has 3 aromatic rings. The van der Waals surface area contributed by atoms with E-state index in [2.05, 4.69) is 15.5 Å². The standard InChI is InChI=1S/C29H31N3O4/c1-36-26-10-6-5-9-25(26)31-29(35)23-11-13-24(14-12-23)30-27(33)17-20-32-18-15-22(16-19-32)28(34)21-7-3-2-4-8-21/h2-14,22H,15-20H2,1H3,(H,30,33)(H,31,35). The van der Waals surface area contributed by atoms with E-state index in [1.807, 2.05) is 42.5 Å². The molecule has 0 aromatic heterocycles. The molecular formula is C29H31N3O4. The monoisotopic (exact) mass is 485 g/mol. The zero-order chi connectivity index (χ0) is 25.3. The average molecular weight is 486 g/mol. The van der Waals surface area contributed by atoms with Crippen LogP contribution in [-0.2, 0) is 4.79 Å². The summed E-state index contributed by atoms with van der Waals surface area (Å²) >= 11 is 0. The van der Waals surface area contributed by atoms with Gasteiger partial charge in [-0.25, -0.2) is 0 Å². The number of methoxy groups -OCH3 is 1. The molecule has 7 nitrogen and oxygen atoms in total. The first-order valence-corrected chi connectivity index (χ1v) is 12.2. The van der Waals surface area contributed by atoms with Crippen molar-refractivity contribution in [3.63, 3.8) is 0 Å². The number of carbonyl (C=O) groups is 3. The minimum Gasteiger partial charge on any atom is -0.495 e. The molecule has 1 aliphatic rings. The van der Waals surface area contributed by atoms with Crippen LogP contribution in [0, 0.1) is 5.92 Å². The second kappa shape index (κ2) is 12.1. The van der Waals surface area contributed by atoms with Gasteiger partial charge in [0.15, 0.2) is 5.78 Å². The van der Waals surface area contributed by atoms with E-state index >= 15 is 0 Å². The van der Waals surface area contributed by atoms with Crippen molar-refractivity contribution in [1.82, 2.24) is 4.90 Å². The first kappa shape index (κ1) is 25.1. The van der Waals surface area contributed by atoms with Crippen molar-refractivity contribution < 1.29 is 19.1 Å². The molecule has 3 aromatic carbocycles. The van der Waals surface area contributed by atoms with Crippen molar-refractivity contribution in [3.8, 4) is 5.75 Å². The maximum Gasteiger partial charge on any atom is 0.255 e. The number of hydrogen-bond acceptors (Lipinski definition) is 5. The maximum atomic E-state index is 12.6. The van der Waals surface area contributed by atoms with Crippen LogP contribution < -0.4 is 15.4 Å². The normalized spacial score (nSPS) is 14.1. The number of amides is 2. The Morgan fingerprint density at radius 1 is 0.833 bits per heavy atom. The summed E-state index contributed by atoms with van der Waals surface area (Å²) < 4.78 is 5.27. The first-order valence-electron chi connectivity index (χ1n) is 12.2. The van der Waals surface area contributed by atoms with Crippen LogP contribution in [-0.4, -0.2) is 49.2 Å². The number of ketones is 1. The quantitative estimate of drug-likeness (QED) is 0.422. The summed E-state index contributed by atoms with van der Waals surface area (Å²) in [6.45, 7) is 2.27. The molecule has 0 bridgehead atoms. The molecule has 1 aliphatic heterocycles. The molecule has 0 spiro atoms. The van der Waals surface area contributed by atoms with Gasteiger partial charge in [-0.15, -0.1) is 0 Å². The highest BCUT2D eigenvalue weighted by Crippen LogP contribution is 2.24. The predicted octanol–water partition coefficient (Wildman–Crippen LogP) is 4.87. The van der Waals surface area contributed by atoms with Gasteiger partial charge in [-0.1, -0.05) is 42.5 Å². The lowest BCUT2D eigenvalue weighted by atomic mass is 9.89. The van der Waals surface area contributed by atoms with E-state index in [0.29, 0.717) is 35.7 Å². The third kappa shape index (κ3) is 6.58. The lowest BCUT2D eigenvalue weighted by molar-refractivity contribution is -0.116. The summed E-state index contributed by atoms with van der Waals surface area (Å²) in [5, 5.41) is 5.73. The fourth-order valence-corrected chi connectivity index (χ4v) is 4.39. The number of likely N-dealkylation sites (tertiary alicyclic amines) is 1. The van der Waals surface area contributed by atoms with Crippen LogP contribution in [0.3, 0.4) is 0 Å². The Balaban J connectivity index is 1.20. The highest BCUT2D eigenvalue weighted by molar-refractivity contribution is 6.05. The number of benzene rings is 3. The van der Waals surface area contributed by atoms with Crippen molar-refractivity contribution >= 4 is 29.0 Å². The summed E-state index contributed by atoms with van der Waals surface area (Å²) in [5.41, 5.74) is 2.49. The van der Waals surface area contributed by atoms with Gasteiger partial charge in [-0.3, -0.25) is 14.4 Å². The van der Waals surface area contributed by atoms with Gasteiger partial charge in [0.2, 0.25) is 5.91 Å². The molecule has 2 N–H and O–H groups in total. The van der Waals surface area contributed by atoms with E-state index in [1.165, 1.54) is 0 Å². The van der Waals surface area contributed by atoms with E-state index in [9.17, 15) is 14.4 Å². The highest BCUT2D eigenvalue weighted by atomic mass is 16.5. The maximum absolute atomic E-state index is 12.6. The summed E-state index contributed by atoms with van der Waals surface area (Å²) in [5.74, 6) is 0.515. The van der Waals surface area contributed by atoms with Crippen molar-refractivity contribution in [2.45, 2.75) is 19.3 Å². The predicted molar refractivity (Wildman–Crippen MR) is 141 cm³/mol. The average Bonchev–Trinajstić information content (AvgIpc) is 2.93. The fraction of sp³-hybridized carbons (Fsp3) is 0.276. The Morgan fingerprint density at radius 2 is 1.50 bits per heavy atom. The van der Waals surface area contributed by atoms with E-state index in [4.69, 9.17) is 4.74 Å². The number of ether oxygens (including phenoxy) is 1. The van der Waals surface area contributed by atoms with Crippen molar-refractivity contribution in [3.05, 3.63) is 90.0 Å².